The number of morpholine rings is 1. The molecule has 0 unspecified atom stereocenters. The number of pyridine rings is 1. The lowest BCUT2D eigenvalue weighted by molar-refractivity contribution is 0.0376. The maximum Gasteiger partial charge on any atom is 0.278 e. The number of rotatable bonds is 8. The van der Waals surface area contributed by atoms with E-state index in [4.69, 9.17) is 9.72 Å². The van der Waals surface area contributed by atoms with Crippen LogP contribution in [0.2, 0.25) is 0 Å². The highest BCUT2D eigenvalue weighted by molar-refractivity contribution is 5.89. The van der Waals surface area contributed by atoms with Crippen molar-refractivity contribution in [1.82, 2.24) is 29.6 Å². The van der Waals surface area contributed by atoms with Crippen molar-refractivity contribution in [3.8, 4) is 11.3 Å². The summed E-state index contributed by atoms with van der Waals surface area (Å²) in [5.74, 6) is 0.184. The molecule has 1 aliphatic rings. The first-order valence-corrected chi connectivity index (χ1v) is 11.8. The Balaban J connectivity index is 1.48. The smallest absolute Gasteiger partial charge is 0.278 e. The number of benzene rings is 1. The monoisotopic (exact) mass is 477 g/mol. The Morgan fingerprint density at radius 3 is 2.71 bits per heavy atom. The van der Waals surface area contributed by atoms with Crippen LogP contribution in [0.15, 0.2) is 53.6 Å². The molecular formula is C25H28FN7O2. The summed E-state index contributed by atoms with van der Waals surface area (Å²) in [6.07, 6.45) is 4.29. The number of anilines is 1. The lowest BCUT2D eigenvalue weighted by atomic mass is 10.2. The van der Waals surface area contributed by atoms with E-state index in [-0.39, 0.29) is 11.4 Å². The number of hydrogen-bond donors (Lipinski definition) is 1. The summed E-state index contributed by atoms with van der Waals surface area (Å²) in [5, 5.41) is 4.55. The van der Waals surface area contributed by atoms with Crippen molar-refractivity contribution in [1.29, 1.82) is 0 Å². The highest BCUT2D eigenvalue weighted by Gasteiger charge is 2.20. The zero-order chi connectivity index (χ0) is 24.2. The van der Waals surface area contributed by atoms with Crippen molar-refractivity contribution >= 4 is 17.0 Å². The molecule has 0 atom stereocenters. The molecule has 3 aromatic heterocycles. The number of halogens is 1. The minimum Gasteiger partial charge on any atom is -0.379 e. The van der Waals surface area contributed by atoms with Gasteiger partial charge in [0.2, 0.25) is 5.95 Å². The SMILES string of the molecule is Cn1nc(-c2cccnc2)c2nc(N(CCCN3CCOCC3)Cc3ccc(F)cc3)[nH]c(=O)c21. The standard InChI is InChI=1S/C25H28FN7O2/c1-31-23-22(21(30-31)19-4-2-9-27-16-19)28-25(29-24(23)34)33(17-18-5-7-20(26)8-6-18)11-3-10-32-12-14-35-15-13-32/h2,4-9,16H,3,10-15,17H2,1H3,(H,28,29,34). The Labute approximate surface area is 202 Å². The van der Waals surface area contributed by atoms with Crippen molar-refractivity contribution in [3.05, 3.63) is 70.5 Å². The molecule has 1 saturated heterocycles. The molecule has 4 aromatic rings. The van der Waals surface area contributed by atoms with E-state index in [1.165, 1.54) is 12.1 Å². The molecule has 0 amide bonds. The summed E-state index contributed by atoms with van der Waals surface area (Å²) >= 11 is 0. The third-order valence-corrected chi connectivity index (χ3v) is 6.21. The van der Waals surface area contributed by atoms with Crippen LogP contribution < -0.4 is 10.5 Å². The molecule has 35 heavy (non-hydrogen) atoms. The molecule has 0 aliphatic carbocycles. The largest absolute Gasteiger partial charge is 0.379 e. The summed E-state index contributed by atoms with van der Waals surface area (Å²) < 4.78 is 20.5. The van der Waals surface area contributed by atoms with Gasteiger partial charge in [-0.25, -0.2) is 9.37 Å². The molecule has 1 fully saturated rings. The van der Waals surface area contributed by atoms with Gasteiger partial charge in [-0.2, -0.15) is 5.10 Å². The average Bonchev–Trinajstić information content (AvgIpc) is 3.22. The van der Waals surface area contributed by atoms with Gasteiger partial charge in [-0.15, -0.1) is 0 Å². The fourth-order valence-electron chi connectivity index (χ4n) is 4.39. The van der Waals surface area contributed by atoms with Gasteiger partial charge in [0.15, 0.2) is 5.52 Å². The Bertz CT molecular complexity index is 1330. The highest BCUT2D eigenvalue weighted by Crippen LogP contribution is 2.25. The van der Waals surface area contributed by atoms with Gasteiger partial charge in [0.1, 0.15) is 17.0 Å². The molecule has 1 N–H and O–H groups in total. The van der Waals surface area contributed by atoms with E-state index >= 15 is 0 Å². The number of ether oxygens (including phenoxy) is 1. The molecule has 182 valence electrons. The summed E-state index contributed by atoms with van der Waals surface area (Å²) in [6.45, 7) is 5.42. The van der Waals surface area contributed by atoms with Gasteiger partial charge >= 0.3 is 0 Å². The molecule has 0 saturated carbocycles. The minimum absolute atomic E-state index is 0.257. The number of H-pyrrole nitrogens is 1. The van der Waals surface area contributed by atoms with Crippen LogP contribution in [0.1, 0.15) is 12.0 Å². The summed E-state index contributed by atoms with van der Waals surface area (Å²) in [5.41, 5.74) is 3.00. The number of hydrogen-bond acceptors (Lipinski definition) is 7. The van der Waals surface area contributed by atoms with Crippen LogP contribution in [0.3, 0.4) is 0 Å². The summed E-state index contributed by atoms with van der Waals surface area (Å²) in [7, 11) is 1.73. The van der Waals surface area contributed by atoms with Crippen LogP contribution in [0.4, 0.5) is 10.3 Å². The van der Waals surface area contributed by atoms with Gasteiger partial charge in [0, 0.05) is 57.7 Å². The maximum atomic E-state index is 13.5. The third-order valence-electron chi connectivity index (χ3n) is 6.21. The fourth-order valence-corrected chi connectivity index (χ4v) is 4.39. The zero-order valence-corrected chi connectivity index (χ0v) is 19.7. The normalized spacial score (nSPS) is 14.5. The first-order valence-electron chi connectivity index (χ1n) is 11.8. The van der Waals surface area contributed by atoms with Crippen LogP contribution in [-0.4, -0.2) is 69.0 Å². The van der Waals surface area contributed by atoms with Crippen LogP contribution >= 0.6 is 0 Å². The Hall–Kier alpha value is -3.63. The van der Waals surface area contributed by atoms with E-state index in [9.17, 15) is 9.18 Å². The fraction of sp³-hybridized carbons (Fsp3) is 0.360. The number of nitrogens with one attached hydrogen (secondary N) is 1. The van der Waals surface area contributed by atoms with Crippen molar-refractivity contribution in [2.24, 2.45) is 7.05 Å². The molecule has 5 rings (SSSR count). The summed E-state index contributed by atoms with van der Waals surface area (Å²) in [4.78, 5) is 29.5. The van der Waals surface area contributed by atoms with E-state index < -0.39 is 0 Å². The van der Waals surface area contributed by atoms with E-state index in [1.54, 1.807) is 36.3 Å². The van der Waals surface area contributed by atoms with Gasteiger partial charge < -0.3 is 9.64 Å². The Kier molecular flexibility index (Phi) is 6.82. The van der Waals surface area contributed by atoms with Crippen molar-refractivity contribution in [3.63, 3.8) is 0 Å². The molecule has 4 heterocycles. The van der Waals surface area contributed by atoms with Gasteiger partial charge in [-0.05, 0) is 36.2 Å². The number of nitrogens with zero attached hydrogens (tertiary/aromatic N) is 6. The first-order chi connectivity index (χ1) is 17.1. The summed E-state index contributed by atoms with van der Waals surface area (Å²) in [6, 6.07) is 10.1. The van der Waals surface area contributed by atoms with E-state index in [0.29, 0.717) is 35.8 Å². The molecular weight excluding hydrogens is 449 g/mol. The second kappa shape index (κ2) is 10.3. The van der Waals surface area contributed by atoms with E-state index in [0.717, 1.165) is 50.4 Å². The van der Waals surface area contributed by atoms with Gasteiger partial charge in [-0.1, -0.05) is 12.1 Å². The molecule has 1 aliphatic heterocycles. The van der Waals surface area contributed by atoms with Crippen LogP contribution in [0, 0.1) is 5.82 Å². The number of aryl methyl sites for hydroxylation is 1. The predicted molar refractivity (Wildman–Crippen MR) is 132 cm³/mol. The highest BCUT2D eigenvalue weighted by atomic mass is 19.1. The molecule has 1 aromatic carbocycles. The second-order valence-corrected chi connectivity index (χ2v) is 8.66. The predicted octanol–water partition coefficient (Wildman–Crippen LogP) is 2.59. The van der Waals surface area contributed by atoms with Crippen molar-refractivity contribution in [2.75, 3.05) is 44.3 Å². The number of aromatic nitrogens is 5. The third kappa shape index (κ3) is 5.23. The van der Waals surface area contributed by atoms with Gasteiger partial charge in [0.25, 0.3) is 5.56 Å². The van der Waals surface area contributed by atoms with Gasteiger partial charge in [-0.3, -0.25) is 24.3 Å². The van der Waals surface area contributed by atoms with Crippen LogP contribution in [0.25, 0.3) is 22.3 Å². The Morgan fingerprint density at radius 1 is 1.17 bits per heavy atom. The van der Waals surface area contributed by atoms with Crippen LogP contribution in [0.5, 0.6) is 0 Å². The average molecular weight is 478 g/mol. The topological polar surface area (TPSA) is 92.2 Å². The maximum absolute atomic E-state index is 13.5. The number of aromatic amines is 1. The minimum atomic E-state index is -0.281. The molecule has 0 spiro atoms. The quantitative estimate of drug-likeness (QED) is 0.417. The first kappa shape index (κ1) is 23.1. The molecule has 10 heteroatoms. The number of fused-ring (bicyclic) bond motifs is 1. The zero-order valence-electron chi connectivity index (χ0n) is 19.7. The lowest BCUT2D eigenvalue weighted by Crippen LogP contribution is -2.38. The molecule has 0 radical (unpaired) electrons. The van der Waals surface area contributed by atoms with Crippen molar-refractivity contribution < 1.29 is 9.13 Å². The second-order valence-electron chi connectivity index (χ2n) is 8.66. The lowest BCUT2D eigenvalue weighted by Gasteiger charge is -2.28. The van der Waals surface area contributed by atoms with Gasteiger partial charge in [0.05, 0.1) is 13.2 Å². The van der Waals surface area contributed by atoms with Crippen molar-refractivity contribution in [2.45, 2.75) is 13.0 Å². The van der Waals surface area contributed by atoms with Crippen LogP contribution in [-0.2, 0) is 18.3 Å². The molecule has 9 nitrogen and oxygen atoms in total. The Morgan fingerprint density at radius 2 is 1.97 bits per heavy atom. The van der Waals surface area contributed by atoms with E-state index in [2.05, 4.69) is 20.0 Å². The molecule has 0 bridgehead atoms. The van der Waals surface area contributed by atoms with E-state index in [1.807, 2.05) is 17.0 Å².